The molecule has 0 saturated carbocycles. The fourth-order valence-electron chi connectivity index (χ4n) is 1.15. The highest BCUT2D eigenvalue weighted by Gasteiger charge is 2.38. The molecule has 0 bridgehead atoms. The maximum Gasteiger partial charge on any atom is 0.241 e. The Balaban J connectivity index is 2.65. The van der Waals surface area contributed by atoms with E-state index in [0.29, 0.717) is 5.92 Å². The van der Waals surface area contributed by atoms with Crippen molar-refractivity contribution in [3.63, 3.8) is 0 Å². The Kier molecular flexibility index (Phi) is 1.92. The van der Waals surface area contributed by atoms with Gasteiger partial charge in [-0.05, 0) is 19.8 Å². The van der Waals surface area contributed by atoms with E-state index in [1.165, 1.54) is 0 Å². The molecule has 1 rings (SSSR count). The first-order valence-corrected chi connectivity index (χ1v) is 4.02. The normalized spacial score (nSPS) is 29.2. The minimum Gasteiger partial charge on any atom is -0.339 e. The van der Waals surface area contributed by atoms with Crippen molar-refractivity contribution >= 4 is 5.91 Å². The topological polar surface area (TPSA) is 41.1 Å². The molecule has 0 radical (unpaired) electrons. The van der Waals surface area contributed by atoms with Gasteiger partial charge in [0, 0.05) is 0 Å². The average Bonchev–Trinajstić information content (AvgIpc) is 2.08. The van der Waals surface area contributed by atoms with Gasteiger partial charge in [-0.2, -0.15) is 0 Å². The lowest BCUT2D eigenvalue weighted by atomic mass is 10.1. The number of hydrogen-bond acceptors (Lipinski definition) is 2. The molecule has 3 nitrogen and oxygen atoms in total. The van der Waals surface area contributed by atoms with Crippen molar-refractivity contribution in [3.05, 3.63) is 0 Å². The number of nitrogens with one attached hydrogen (secondary N) is 2. The number of amides is 1. The molecule has 1 aliphatic heterocycles. The van der Waals surface area contributed by atoms with Gasteiger partial charge in [-0.15, -0.1) is 0 Å². The zero-order valence-electron chi connectivity index (χ0n) is 7.56. The van der Waals surface area contributed by atoms with Gasteiger partial charge < -0.3 is 5.32 Å². The van der Waals surface area contributed by atoms with E-state index in [0.717, 1.165) is 0 Å². The van der Waals surface area contributed by atoms with E-state index in [1.807, 2.05) is 13.8 Å². The van der Waals surface area contributed by atoms with Crippen LogP contribution in [0.25, 0.3) is 0 Å². The summed E-state index contributed by atoms with van der Waals surface area (Å²) in [6, 6.07) is 0. The lowest BCUT2D eigenvalue weighted by Crippen LogP contribution is -2.42. The van der Waals surface area contributed by atoms with E-state index in [1.54, 1.807) is 0 Å². The molecule has 0 aromatic carbocycles. The molecule has 11 heavy (non-hydrogen) atoms. The Labute approximate surface area is 67.5 Å². The van der Waals surface area contributed by atoms with Gasteiger partial charge in [-0.25, -0.2) is 0 Å². The molecule has 0 aromatic rings. The van der Waals surface area contributed by atoms with Crippen LogP contribution in [0.1, 0.15) is 27.7 Å². The number of carbonyl (C=O) groups excluding carboxylic acids is 1. The van der Waals surface area contributed by atoms with Crippen LogP contribution in [0.5, 0.6) is 0 Å². The van der Waals surface area contributed by atoms with E-state index in [-0.39, 0.29) is 12.1 Å². The maximum absolute atomic E-state index is 11.2. The summed E-state index contributed by atoms with van der Waals surface area (Å²) in [4.78, 5) is 11.2. The first-order chi connectivity index (χ1) is 4.93. The van der Waals surface area contributed by atoms with Gasteiger partial charge in [-0.3, -0.25) is 10.1 Å². The van der Waals surface area contributed by atoms with Crippen LogP contribution in [0.2, 0.25) is 0 Å². The highest BCUT2D eigenvalue weighted by molar-refractivity contribution is 5.87. The van der Waals surface area contributed by atoms with Crippen molar-refractivity contribution in [2.24, 2.45) is 5.92 Å². The first kappa shape index (κ1) is 8.53. The minimum atomic E-state index is -0.394. The standard InChI is InChI=1S/C8H16N2O/c1-5(2)6-9-7(11)8(3,4)10-6/h5-6,10H,1-4H3,(H,9,11). The third-order valence-electron chi connectivity index (χ3n) is 2.04. The molecule has 2 N–H and O–H groups in total. The summed E-state index contributed by atoms with van der Waals surface area (Å²) in [6.07, 6.45) is 0.137. The summed E-state index contributed by atoms with van der Waals surface area (Å²) in [6.45, 7) is 7.95. The third kappa shape index (κ3) is 1.53. The van der Waals surface area contributed by atoms with E-state index >= 15 is 0 Å². The second-order valence-corrected chi connectivity index (χ2v) is 3.96. The van der Waals surface area contributed by atoms with Crippen LogP contribution in [0.3, 0.4) is 0 Å². The fourth-order valence-corrected chi connectivity index (χ4v) is 1.15. The minimum absolute atomic E-state index is 0.0937. The van der Waals surface area contributed by atoms with Crippen LogP contribution in [0.15, 0.2) is 0 Å². The van der Waals surface area contributed by atoms with Crippen LogP contribution >= 0.6 is 0 Å². The largest absolute Gasteiger partial charge is 0.339 e. The van der Waals surface area contributed by atoms with Crippen molar-refractivity contribution in [3.8, 4) is 0 Å². The van der Waals surface area contributed by atoms with Crippen LogP contribution in [0, 0.1) is 5.92 Å². The molecule has 1 amide bonds. The summed E-state index contributed by atoms with van der Waals surface area (Å²) < 4.78 is 0. The molecule has 0 aliphatic carbocycles. The van der Waals surface area contributed by atoms with Gasteiger partial charge >= 0.3 is 0 Å². The summed E-state index contributed by atoms with van der Waals surface area (Å²) in [5.41, 5.74) is -0.394. The molecule has 1 saturated heterocycles. The molecule has 0 spiro atoms. The molecule has 1 unspecified atom stereocenters. The van der Waals surface area contributed by atoms with Crippen LogP contribution < -0.4 is 10.6 Å². The maximum atomic E-state index is 11.2. The van der Waals surface area contributed by atoms with Crippen LogP contribution in [0.4, 0.5) is 0 Å². The second-order valence-electron chi connectivity index (χ2n) is 3.96. The number of rotatable bonds is 1. The monoisotopic (exact) mass is 156 g/mol. The van der Waals surface area contributed by atoms with E-state index < -0.39 is 5.54 Å². The molecule has 64 valence electrons. The predicted molar refractivity (Wildman–Crippen MR) is 44.0 cm³/mol. The summed E-state index contributed by atoms with van der Waals surface area (Å²) >= 11 is 0. The summed E-state index contributed by atoms with van der Waals surface area (Å²) in [7, 11) is 0. The lowest BCUT2D eigenvalue weighted by Gasteiger charge is -2.18. The molecular formula is C8H16N2O. The Morgan fingerprint density at radius 1 is 1.45 bits per heavy atom. The number of hydrogen-bond donors (Lipinski definition) is 2. The molecule has 3 heteroatoms. The Morgan fingerprint density at radius 3 is 2.18 bits per heavy atom. The van der Waals surface area contributed by atoms with Gasteiger partial charge in [-0.1, -0.05) is 13.8 Å². The highest BCUT2D eigenvalue weighted by atomic mass is 16.2. The zero-order valence-corrected chi connectivity index (χ0v) is 7.56. The molecular weight excluding hydrogens is 140 g/mol. The van der Waals surface area contributed by atoms with Crippen molar-refractivity contribution in [2.75, 3.05) is 0 Å². The van der Waals surface area contributed by atoms with Gasteiger partial charge in [0.1, 0.15) is 0 Å². The van der Waals surface area contributed by atoms with Crippen molar-refractivity contribution < 1.29 is 4.79 Å². The van der Waals surface area contributed by atoms with Crippen molar-refractivity contribution in [1.29, 1.82) is 0 Å². The quantitative estimate of drug-likeness (QED) is 0.579. The van der Waals surface area contributed by atoms with Crippen LogP contribution in [-0.4, -0.2) is 17.6 Å². The summed E-state index contributed by atoms with van der Waals surface area (Å²) in [5, 5.41) is 6.11. The molecule has 1 aliphatic rings. The Hall–Kier alpha value is -0.570. The zero-order chi connectivity index (χ0) is 8.65. The van der Waals surface area contributed by atoms with Crippen molar-refractivity contribution in [2.45, 2.75) is 39.4 Å². The third-order valence-corrected chi connectivity index (χ3v) is 2.04. The van der Waals surface area contributed by atoms with Gasteiger partial charge in [0.2, 0.25) is 5.91 Å². The van der Waals surface area contributed by atoms with Gasteiger partial charge in [0.15, 0.2) is 0 Å². The predicted octanol–water partition coefficient (Wildman–Crippen LogP) is 0.466. The molecule has 0 aromatic heterocycles. The SMILES string of the molecule is CC(C)C1NC(=O)C(C)(C)N1. The Bertz CT molecular complexity index is 175. The smallest absolute Gasteiger partial charge is 0.241 e. The van der Waals surface area contributed by atoms with E-state index in [9.17, 15) is 4.79 Å². The van der Waals surface area contributed by atoms with Crippen molar-refractivity contribution in [1.82, 2.24) is 10.6 Å². The highest BCUT2D eigenvalue weighted by Crippen LogP contribution is 2.14. The lowest BCUT2D eigenvalue weighted by molar-refractivity contribution is -0.123. The van der Waals surface area contributed by atoms with Gasteiger partial charge in [0.25, 0.3) is 0 Å². The molecule has 1 atom stereocenters. The Morgan fingerprint density at radius 2 is 2.00 bits per heavy atom. The fraction of sp³-hybridized carbons (Fsp3) is 0.875. The van der Waals surface area contributed by atoms with Crippen LogP contribution in [-0.2, 0) is 4.79 Å². The van der Waals surface area contributed by atoms with E-state index in [2.05, 4.69) is 24.5 Å². The average molecular weight is 156 g/mol. The number of carbonyl (C=O) groups is 1. The summed E-state index contributed by atoms with van der Waals surface area (Å²) in [5.74, 6) is 0.539. The van der Waals surface area contributed by atoms with E-state index in [4.69, 9.17) is 0 Å². The molecule has 1 heterocycles. The second kappa shape index (κ2) is 2.48. The first-order valence-electron chi connectivity index (χ1n) is 4.02. The molecule has 1 fully saturated rings. The van der Waals surface area contributed by atoms with Gasteiger partial charge in [0.05, 0.1) is 11.7 Å².